The van der Waals surface area contributed by atoms with E-state index in [1.165, 1.54) is 36.4 Å². The van der Waals surface area contributed by atoms with Crippen LogP contribution in [0.3, 0.4) is 0 Å². The number of anilines is 4. The Kier molecular flexibility index (Phi) is 10.3. The van der Waals surface area contributed by atoms with Gasteiger partial charge in [-0.25, -0.2) is 0 Å². The summed E-state index contributed by atoms with van der Waals surface area (Å²) < 4.78 is 0. The summed E-state index contributed by atoms with van der Waals surface area (Å²) in [5.74, 6) is -4.72. The van der Waals surface area contributed by atoms with Gasteiger partial charge in [0.25, 0.3) is 23.6 Å². The molecule has 6 aromatic rings. The van der Waals surface area contributed by atoms with E-state index in [1.54, 1.807) is 97.1 Å². The van der Waals surface area contributed by atoms with Crippen molar-refractivity contribution in [1.29, 1.82) is 0 Å². The summed E-state index contributed by atoms with van der Waals surface area (Å²) in [6.07, 6.45) is 0.0417. The van der Waals surface area contributed by atoms with Crippen LogP contribution in [0.25, 0.3) is 0 Å². The number of nitrogen functional groups attached to an aromatic ring is 2. The topological polar surface area (TPSA) is 202 Å². The van der Waals surface area contributed by atoms with Gasteiger partial charge in [-0.15, -0.1) is 0 Å². The number of amides is 6. The van der Waals surface area contributed by atoms with Gasteiger partial charge in [-0.3, -0.25) is 43.4 Å². The molecular formula is C47H36N6O7. The molecule has 2 aliphatic rings. The molecule has 6 N–H and O–H groups in total. The third kappa shape index (κ3) is 7.50. The zero-order valence-electron chi connectivity index (χ0n) is 31.8. The summed E-state index contributed by atoms with van der Waals surface area (Å²) in [5, 5.41) is 5.55. The lowest BCUT2D eigenvalue weighted by molar-refractivity contribution is -0.120. The van der Waals surface area contributed by atoms with E-state index in [-0.39, 0.29) is 46.2 Å². The third-order valence-corrected chi connectivity index (χ3v) is 10.5. The number of hydrogen-bond acceptors (Lipinski definition) is 9. The number of rotatable bonds is 12. The van der Waals surface area contributed by atoms with Crippen molar-refractivity contribution in [3.05, 3.63) is 190 Å². The molecule has 6 amide bonds. The SMILES string of the molecule is Nc1ccc(NC(=O)C(Cc2ccccc2)N2C(=O)c3ccc(C(=O)c4ccc5c(c4)C(=O)N(C(Cc4ccccc4)C(=O)Nc4ccc(N)cc4)C5=O)cc3C2=O)cc1. The van der Waals surface area contributed by atoms with Crippen molar-refractivity contribution in [3.8, 4) is 0 Å². The monoisotopic (exact) mass is 796 g/mol. The highest BCUT2D eigenvalue weighted by atomic mass is 16.2. The van der Waals surface area contributed by atoms with Gasteiger partial charge in [0.05, 0.1) is 22.3 Å². The van der Waals surface area contributed by atoms with E-state index in [0.29, 0.717) is 33.9 Å². The fourth-order valence-electron chi connectivity index (χ4n) is 7.40. The molecule has 13 nitrogen and oxygen atoms in total. The highest BCUT2D eigenvalue weighted by Gasteiger charge is 2.45. The van der Waals surface area contributed by atoms with Gasteiger partial charge >= 0.3 is 0 Å². The Morgan fingerprint density at radius 3 is 1.17 bits per heavy atom. The van der Waals surface area contributed by atoms with Gasteiger partial charge in [0.2, 0.25) is 11.8 Å². The van der Waals surface area contributed by atoms with Crippen molar-refractivity contribution in [1.82, 2.24) is 9.80 Å². The van der Waals surface area contributed by atoms with E-state index >= 15 is 0 Å². The molecule has 296 valence electrons. The van der Waals surface area contributed by atoms with Gasteiger partial charge in [-0.1, -0.05) is 72.8 Å². The van der Waals surface area contributed by atoms with Crippen molar-refractivity contribution in [2.24, 2.45) is 0 Å². The van der Waals surface area contributed by atoms with Crippen molar-refractivity contribution in [3.63, 3.8) is 0 Å². The molecule has 0 spiro atoms. The predicted molar refractivity (Wildman–Crippen MR) is 224 cm³/mol. The molecule has 0 radical (unpaired) electrons. The second-order valence-electron chi connectivity index (χ2n) is 14.4. The number of ketones is 1. The van der Waals surface area contributed by atoms with Crippen molar-refractivity contribution in [2.45, 2.75) is 24.9 Å². The van der Waals surface area contributed by atoms with Crippen LogP contribution in [-0.4, -0.2) is 63.1 Å². The maximum absolute atomic E-state index is 14.1. The molecule has 0 saturated heterocycles. The Bertz CT molecular complexity index is 2530. The van der Waals surface area contributed by atoms with E-state index in [1.807, 2.05) is 12.1 Å². The minimum atomic E-state index is -1.25. The van der Waals surface area contributed by atoms with Crippen LogP contribution in [0.5, 0.6) is 0 Å². The van der Waals surface area contributed by atoms with Crippen LogP contribution in [-0.2, 0) is 22.4 Å². The number of nitrogens with two attached hydrogens (primary N) is 2. The predicted octanol–water partition coefficient (Wildman–Crippen LogP) is 5.77. The smallest absolute Gasteiger partial charge is 0.262 e. The largest absolute Gasteiger partial charge is 0.399 e. The van der Waals surface area contributed by atoms with E-state index < -0.39 is 53.3 Å². The number of fused-ring (bicyclic) bond motifs is 2. The van der Waals surface area contributed by atoms with Gasteiger partial charge in [0, 0.05) is 46.7 Å². The number of hydrogen-bond donors (Lipinski definition) is 4. The lowest BCUT2D eigenvalue weighted by atomic mass is 9.96. The summed E-state index contributed by atoms with van der Waals surface area (Å²) in [5.41, 5.74) is 14.8. The van der Waals surface area contributed by atoms with Gasteiger partial charge in [-0.05, 0) is 83.9 Å². The van der Waals surface area contributed by atoms with E-state index in [2.05, 4.69) is 10.6 Å². The van der Waals surface area contributed by atoms with Gasteiger partial charge < -0.3 is 22.1 Å². The highest BCUT2D eigenvalue weighted by molar-refractivity contribution is 6.26. The first-order chi connectivity index (χ1) is 29.0. The summed E-state index contributed by atoms with van der Waals surface area (Å²) in [7, 11) is 0. The summed E-state index contributed by atoms with van der Waals surface area (Å²) in [6.45, 7) is 0. The standard InChI is InChI=1S/C47H36N6O7/c48-31-13-17-33(18-14-31)50-42(55)39(23-27-7-3-1-4-8-27)52-44(57)35-21-11-29(25-37(35)46(52)59)41(54)30-12-22-36-38(26-30)47(60)53(45(36)58)40(24-28-9-5-2-6-10-28)43(56)51-34-19-15-32(49)16-20-34/h1-22,25-26,39-40H,23-24,48-49H2,(H,50,55)(H,51,56). The molecule has 2 aliphatic heterocycles. The molecule has 0 bridgehead atoms. The van der Waals surface area contributed by atoms with Crippen LogP contribution in [0.1, 0.15) is 68.5 Å². The van der Waals surface area contributed by atoms with Gasteiger partial charge in [0.15, 0.2) is 5.78 Å². The van der Waals surface area contributed by atoms with Crippen molar-refractivity contribution in [2.75, 3.05) is 22.1 Å². The molecule has 0 aromatic heterocycles. The molecule has 2 atom stereocenters. The lowest BCUT2D eigenvalue weighted by Gasteiger charge is -2.25. The molecule has 0 saturated carbocycles. The van der Waals surface area contributed by atoms with Gasteiger partial charge in [-0.2, -0.15) is 0 Å². The minimum absolute atomic E-state index is 0.0157. The fourth-order valence-corrected chi connectivity index (χ4v) is 7.40. The third-order valence-electron chi connectivity index (χ3n) is 10.5. The first-order valence-corrected chi connectivity index (χ1v) is 19.0. The van der Waals surface area contributed by atoms with Crippen molar-refractivity contribution < 1.29 is 33.6 Å². The second-order valence-corrected chi connectivity index (χ2v) is 14.4. The average Bonchev–Trinajstić information content (AvgIpc) is 3.66. The lowest BCUT2D eigenvalue weighted by Crippen LogP contribution is -2.48. The Hall–Kier alpha value is -8.19. The Morgan fingerprint density at radius 2 is 0.800 bits per heavy atom. The number of imide groups is 2. The summed E-state index contributed by atoms with van der Waals surface area (Å²) in [4.78, 5) is 99.3. The molecule has 60 heavy (non-hydrogen) atoms. The first kappa shape index (κ1) is 38.7. The molecule has 2 unspecified atom stereocenters. The maximum atomic E-state index is 14.1. The number of carbonyl (C=O) groups excluding carboxylic acids is 7. The molecule has 13 heteroatoms. The van der Waals surface area contributed by atoms with Crippen LogP contribution in [0, 0.1) is 0 Å². The first-order valence-electron chi connectivity index (χ1n) is 19.0. The Balaban J connectivity index is 1.06. The normalized spacial score (nSPS) is 14.1. The highest BCUT2D eigenvalue weighted by Crippen LogP contribution is 2.31. The summed E-state index contributed by atoms with van der Waals surface area (Å²) >= 11 is 0. The number of carbonyl (C=O) groups is 7. The Labute approximate surface area is 343 Å². The minimum Gasteiger partial charge on any atom is -0.399 e. The van der Waals surface area contributed by atoms with Crippen LogP contribution in [0.2, 0.25) is 0 Å². The Morgan fingerprint density at radius 1 is 0.450 bits per heavy atom. The maximum Gasteiger partial charge on any atom is 0.262 e. The quantitative estimate of drug-likeness (QED) is 0.0674. The molecule has 0 fully saturated rings. The van der Waals surface area contributed by atoms with Crippen LogP contribution < -0.4 is 22.1 Å². The number of nitrogens with zero attached hydrogens (tertiary/aromatic N) is 2. The van der Waals surface area contributed by atoms with Crippen LogP contribution in [0.15, 0.2) is 146 Å². The molecular weight excluding hydrogens is 761 g/mol. The second kappa shape index (κ2) is 16.0. The van der Waals surface area contributed by atoms with Gasteiger partial charge in [0.1, 0.15) is 12.1 Å². The van der Waals surface area contributed by atoms with Crippen molar-refractivity contribution >= 4 is 64.0 Å². The zero-order valence-corrected chi connectivity index (χ0v) is 31.8. The molecule has 6 aromatic carbocycles. The number of nitrogens with one attached hydrogen (secondary N) is 2. The van der Waals surface area contributed by atoms with Crippen LogP contribution in [0.4, 0.5) is 22.7 Å². The zero-order chi connectivity index (χ0) is 42.1. The van der Waals surface area contributed by atoms with E-state index in [9.17, 15) is 33.6 Å². The van der Waals surface area contributed by atoms with E-state index in [4.69, 9.17) is 11.5 Å². The summed E-state index contributed by atoms with van der Waals surface area (Å²) in [6, 6.07) is 36.3. The fraction of sp³-hybridized carbons (Fsp3) is 0.0851. The average molecular weight is 797 g/mol. The number of benzene rings is 6. The molecule has 8 rings (SSSR count). The van der Waals surface area contributed by atoms with Crippen LogP contribution >= 0.6 is 0 Å². The van der Waals surface area contributed by atoms with E-state index in [0.717, 1.165) is 9.80 Å². The molecule has 2 heterocycles. The molecule has 0 aliphatic carbocycles.